The number of nitrogens with two attached hydrogens (primary N) is 1. The van der Waals surface area contributed by atoms with Gasteiger partial charge in [-0.3, -0.25) is 4.90 Å². The predicted molar refractivity (Wildman–Crippen MR) is 69.8 cm³/mol. The summed E-state index contributed by atoms with van der Waals surface area (Å²) in [6, 6.07) is 0. The highest BCUT2D eigenvalue weighted by molar-refractivity contribution is 4.98. The van der Waals surface area contributed by atoms with E-state index in [0.717, 1.165) is 12.5 Å². The molecule has 0 unspecified atom stereocenters. The van der Waals surface area contributed by atoms with Crippen molar-refractivity contribution in [1.29, 1.82) is 0 Å². The summed E-state index contributed by atoms with van der Waals surface area (Å²) in [6.45, 7) is 5.58. The van der Waals surface area contributed by atoms with Crippen molar-refractivity contribution in [2.24, 2.45) is 11.7 Å². The maximum absolute atomic E-state index is 5.93. The van der Waals surface area contributed by atoms with Crippen molar-refractivity contribution >= 4 is 0 Å². The summed E-state index contributed by atoms with van der Waals surface area (Å²) in [4.78, 5) is 6.61. The second-order valence-electron chi connectivity index (χ2n) is 6.08. The highest BCUT2D eigenvalue weighted by atomic mass is 16.5. The molecule has 1 fully saturated rings. The third kappa shape index (κ3) is 3.53. The first-order valence-electron chi connectivity index (χ1n) is 6.75. The van der Waals surface area contributed by atoms with Crippen LogP contribution in [0.4, 0.5) is 0 Å². The lowest BCUT2D eigenvalue weighted by atomic mass is 10.1. The van der Waals surface area contributed by atoms with Crippen molar-refractivity contribution in [3.8, 4) is 0 Å². The molecule has 1 heterocycles. The molecule has 102 valence electrons. The van der Waals surface area contributed by atoms with Crippen LogP contribution in [-0.2, 0) is 12.1 Å². The maximum Gasteiger partial charge on any atom is 0.240 e. The number of hydrogen-bond acceptors (Lipinski definition) is 5. The fourth-order valence-electron chi connectivity index (χ4n) is 2.51. The van der Waals surface area contributed by atoms with Crippen molar-refractivity contribution in [3.63, 3.8) is 0 Å². The molecule has 18 heavy (non-hydrogen) atoms. The van der Waals surface area contributed by atoms with Gasteiger partial charge in [0, 0.05) is 6.54 Å². The van der Waals surface area contributed by atoms with Crippen LogP contribution in [0.15, 0.2) is 4.52 Å². The van der Waals surface area contributed by atoms with Crippen LogP contribution >= 0.6 is 0 Å². The standard InChI is InChI=1S/C13H24N4O/c1-13(2,14)12-15-11(18-16-12)9-17(3)8-10-6-4-5-7-10/h10H,4-9,14H2,1-3H3. The molecular formula is C13H24N4O. The lowest BCUT2D eigenvalue weighted by molar-refractivity contribution is 0.233. The molecule has 0 aromatic carbocycles. The minimum absolute atomic E-state index is 0.536. The van der Waals surface area contributed by atoms with Crippen molar-refractivity contribution in [3.05, 3.63) is 11.7 Å². The monoisotopic (exact) mass is 252 g/mol. The Kier molecular flexibility index (Phi) is 4.02. The van der Waals surface area contributed by atoms with Crippen LogP contribution in [0.2, 0.25) is 0 Å². The molecule has 0 amide bonds. The summed E-state index contributed by atoms with van der Waals surface area (Å²) in [5, 5.41) is 3.93. The quantitative estimate of drug-likeness (QED) is 0.866. The lowest BCUT2D eigenvalue weighted by Gasteiger charge is -2.18. The zero-order valence-electron chi connectivity index (χ0n) is 11.6. The molecule has 5 heteroatoms. The average Bonchev–Trinajstić information content (AvgIpc) is 2.87. The van der Waals surface area contributed by atoms with Crippen LogP contribution in [0.5, 0.6) is 0 Å². The molecule has 0 radical (unpaired) electrons. The number of rotatable bonds is 5. The number of hydrogen-bond donors (Lipinski definition) is 1. The fraction of sp³-hybridized carbons (Fsp3) is 0.846. The van der Waals surface area contributed by atoms with Crippen LogP contribution in [0, 0.1) is 5.92 Å². The molecule has 5 nitrogen and oxygen atoms in total. The Labute approximate surface area is 109 Å². The van der Waals surface area contributed by atoms with Gasteiger partial charge < -0.3 is 10.3 Å². The fourth-order valence-corrected chi connectivity index (χ4v) is 2.51. The van der Waals surface area contributed by atoms with Crippen molar-refractivity contribution in [2.75, 3.05) is 13.6 Å². The Bertz CT molecular complexity index is 377. The van der Waals surface area contributed by atoms with Crippen LogP contribution in [0.1, 0.15) is 51.2 Å². The molecular weight excluding hydrogens is 228 g/mol. The first-order chi connectivity index (χ1) is 8.45. The second-order valence-corrected chi connectivity index (χ2v) is 6.08. The van der Waals surface area contributed by atoms with Crippen molar-refractivity contribution in [1.82, 2.24) is 15.0 Å². The van der Waals surface area contributed by atoms with Gasteiger partial charge in [0.25, 0.3) is 0 Å². The van der Waals surface area contributed by atoms with E-state index in [2.05, 4.69) is 22.1 Å². The van der Waals surface area contributed by atoms with Gasteiger partial charge in [-0.05, 0) is 39.7 Å². The van der Waals surface area contributed by atoms with Crippen LogP contribution in [0.25, 0.3) is 0 Å². The first kappa shape index (κ1) is 13.5. The molecule has 0 spiro atoms. The predicted octanol–water partition coefficient (Wildman–Crippen LogP) is 1.89. The number of nitrogens with zero attached hydrogens (tertiary/aromatic N) is 3. The van der Waals surface area contributed by atoms with E-state index in [1.165, 1.54) is 25.7 Å². The summed E-state index contributed by atoms with van der Waals surface area (Å²) in [6.07, 6.45) is 5.47. The highest BCUT2D eigenvalue weighted by Gasteiger charge is 2.22. The first-order valence-corrected chi connectivity index (χ1v) is 6.75. The molecule has 2 rings (SSSR count). The van der Waals surface area contributed by atoms with E-state index in [-0.39, 0.29) is 0 Å². The van der Waals surface area contributed by atoms with Crippen molar-refractivity contribution < 1.29 is 4.52 Å². The van der Waals surface area contributed by atoms with Gasteiger partial charge in [0.1, 0.15) is 0 Å². The Morgan fingerprint density at radius 1 is 1.39 bits per heavy atom. The molecule has 2 N–H and O–H groups in total. The van der Waals surface area contributed by atoms with E-state index in [9.17, 15) is 0 Å². The van der Waals surface area contributed by atoms with Crippen LogP contribution in [0.3, 0.4) is 0 Å². The summed E-state index contributed by atoms with van der Waals surface area (Å²) in [7, 11) is 2.11. The highest BCUT2D eigenvalue weighted by Crippen LogP contribution is 2.25. The van der Waals surface area contributed by atoms with E-state index in [4.69, 9.17) is 10.3 Å². The third-order valence-electron chi connectivity index (χ3n) is 3.49. The van der Waals surface area contributed by atoms with E-state index in [1.54, 1.807) is 0 Å². The Balaban J connectivity index is 1.86. The molecule has 0 atom stereocenters. The average molecular weight is 252 g/mol. The molecule has 1 aromatic rings. The molecule has 0 bridgehead atoms. The molecule has 1 aliphatic rings. The number of aromatic nitrogens is 2. The van der Waals surface area contributed by atoms with E-state index < -0.39 is 5.54 Å². The van der Waals surface area contributed by atoms with Gasteiger partial charge in [0.05, 0.1) is 12.1 Å². The minimum atomic E-state index is -0.536. The third-order valence-corrected chi connectivity index (χ3v) is 3.49. The zero-order valence-corrected chi connectivity index (χ0v) is 11.6. The van der Waals surface area contributed by atoms with Gasteiger partial charge in [0.2, 0.25) is 5.89 Å². The molecule has 0 aliphatic heterocycles. The van der Waals surface area contributed by atoms with Gasteiger partial charge in [-0.2, -0.15) is 4.98 Å². The minimum Gasteiger partial charge on any atom is -0.338 e. The van der Waals surface area contributed by atoms with E-state index in [1.807, 2.05) is 13.8 Å². The topological polar surface area (TPSA) is 68.2 Å². The Hall–Kier alpha value is -0.940. The normalized spacial score (nSPS) is 17.8. The summed E-state index contributed by atoms with van der Waals surface area (Å²) >= 11 is 0. The Morgan fingerprint density at radius 2 is 2.06 bits per heavy atom. The SMILES string of the molecule is CN(Cc1nc(C(C)(C)N)no1)CC1CCCC1. The summed E-state index contributed by atoms with van der Waals surface area (Å²) in [5.74, 6) is 2.07. The van der Waals surface area contributed by atoms with Gasteiger partial charge >= 0.3 is 0 Å². The van der Waals surface area contributed by atoms with Gasteiger partial charge in [-0.15, -0.1) is 0 Å². The van der Waals surface area contributed by atoms with E-state index in [0.29, 0.717) is 18.3 Å². The molecule has 1 aromatic heterocycles. The summed E-state index contributed by atoms with van der Waals surface area (Å²) in [5.41, 5.74) is 5.40. The van der Waals surface area contributed by atoms with Crippen LogP contribution in [-0.4, -0.2) is 28.6 Å². The van der Waals surface area contributed by atoms with E-state index >= 15 is 0 Å². The maximum atomic E-state index is 5.93. The molecule has 0 saturated heterocycles. The smallest absolute Gasteiger partial charge is 0.240 e. The van der Waals surface area contributed by atoms with Crippen molar-refractivity contribution in [2.45, 2.75) is 51.6 Å². The van der Waals surface area contributed by atoms with Gasteiger partial charge in [-0.1, -0.05) is 18.0 Å². The molecule has 1 saturated carbocycles. The zero-order chi connectivity index (χ0) is 13.2. The van der Waals surface area contributed by atoms with Crippen LogP contribution < -0.4 is 5.73 Å². The van der Waals surface area contributed by atoms with Gasteiger partial charge in [0.15, 0.2) is 5.82 Å². The largest absolute Gasteiger partial charge is 0.338 e. The summed E-state index contributed by atoms with van der Waals surface area (Å²) < 4.78 is 5.24. The second kappa shape index (κ2) is 5.36. The lowest BCUT2D eigenvalue weighted by Crippen LogP contribution is -2.30. The molecule has 1 aliphatic carbocycles. The van der Waals surface area contributed by atoms with Gasteiger partial charge in [-0.25, -0.2) is 0 Å². The Morgan fingerprint density at radius 3 is 2.61 bits per heavy atom.